The number of hydrogen-bond acceptors (Lipinski definition) is 5. The van der Waals surface area contributed by atoms with E-state index in [0.29, 0.717) is 42.6 Å². The molecule has 3 rings (SSSR count). The molecule has 218 valence electrons. The van der Waals surface area contributed by atoms with Crippen molar-refractivity contribution in [2.45, 2.75) is 73.4 Å². The quantitative estimate of drug-likeness (QED) is 0.209. The smallest absolute Gasteiger partial charge is 0.255 e. The Morgan fingerprint density at radius 3 is 2.25 bits per heavy atom. The first-order valence-corrected chi connectivity index (χ1v) is 14.5. The van der Waals surface area contributed by atoms with E-state index in [0.717, 1.165) is 48.5 Å². The summed E-state index contributed by atoms with van der Waals surface area (Å²) in [6.45, 7) is 12.3. The second-order valence-corrected chi connectivity index (χ2v) is 10.7. The summed E-state index contributed by atoms with van der Waals surface area (Å²) in [5.74, 6) is 2.80. The molecule has 0 atom stereocenters. The van der Waals surface area contributed by atoms with Crippen LogP contribution in [0.4, 0.5) is 0 Å². The third-order valence-electron chi connectivity index (χ3n) is 7.30. The van der Waals surface area contributed by atoms with E-state index in [1.54, 1.807) is 26.4 Å². The van der Waals surface area contributed by atoms with Crippen LogP contribution in [-0.4, -0.2) is 48.2 Å². The number of imidazole rings is 1. The second kappa shape index (κ2) is 14.4. The van der Waals surface area contributed by atoms with E-state index in [9.17, 15) is 4.79 Å². The van der Waals surface area contributed by atoms with Gasteiger partial charge in [-0.2, -0.15) is 0 Å². The number of benzene rings is 2. The maximum Gasteiger partial charge on any atom is 0.255 e. The zero-order chi connectivity index (χ0) is 29.4. The van der Waals surface area contributed by atoms with Crippen LogP contribution >= 0.6 is 11.6 Å². The number of halogens is 1. The van der Waals surface area contributed by atoms with Gasteiger partial charge in [0.25, 0.3) is 5.91 Å². The highest BCUT2D eigenvalue weighted by Gasteiger charge is 2.26. The zero-order valence-corrected chi connectivity index (χ0v) is 26.0. The number of aromatic nitrogens is 2. The van der Waals surface area contributed by atoms with Gasteiger partial charge in [-0.15, -0.1) is 0 Å². The minimum atomic E-state index is -0.164. The van der Waals surface area contributed by atoms with E-state index in [4.69, 9.17) is 30.8 Å². The SMILES string of the molecule is CCc1ccc(OC)c(Cn2c(CN(CCC(C)C)C(=O)c3ccc(OC)c(OC)c3Cl)nc(CC)c2CC)c1. The van der Waals surface area contributed by atoms with Gasteiger partial charge < -0.3 is 23.7 Å². The molecule has 0 saturated heterocycles. The topological polar surface area (TPSA) is 65.8 Å². The molecule has 1 amide bonds. The van der Waals surface area contributed by atoms with Gasteiger partial charge in [-0.25, -0.2) is 4.98 Å². The normalized spacial score (nSPS) is 11.2. The molecule has 1 aromatic heterocycles. The molecule has 0 saturated carbocycles. The Hall–Kier alpha value is -3.19. The van der Waals surface area contributed by atoms with Gasteiger partial charge in [0.05, 0.1) is 50.7 Å². The molecule has 0 N–H and O–H groups in total. The summed E-state index contributed by atoms with van der Waals surface area (Å²) in [5, 5.41) is 0.245. The maximum absolute atomic E-state index is 14.0. The van der Waals surface area contributed by atoms with Crippen LogP contribution in [0.3, 0.4) is 0 Å². The lowest BCUT2D eigenvalue weighted by atomic mass is 10.1. The van der Waals surface area contributed by atoms with E-state index >= 15 is 0 Å². The fourth-order valence-electron chi connectivity index (χ4n) is 4.99. The Labute approximate surface area is 244 Å². The largest absolute Gasteiger partial charge is 0.496 e. The van der Waals surface area contributed by atoms with Crippen LogP contribution in [0.2, 0.25) is 5.02 Å². The standard InChI is InChI=1S/C32H44ClN3O4/c1-9-22-12-14-27(38-6)23(18-22)19-36-26(11-3)25(10-2)34-29(36)20-35(17-16-21(4)5)32(37)24-13-15-28(39-7)31(40-8)30(24)33/h12-15,18,21H,9-11,16-17,19-20H2,1-8H3. The molecule has 0 spiro atoms. The molecule has 0 aliphatic carbocycles. The number of carbonyl (C=O) groups is 1. The molecule has 2 aromatic carbocycles. The number of amides is 1. The summed E-state index contributed by atoms with van der Waals surface area (Å²) < 4.78 is 18.8. The lowest BCUT2D eigenvalue weighted by Crippen LogP contribution is -2.33. The van der Waals surface area contributed by atoms with Crippen molar-refractivity contribution in [1.29, 1.82) is 0 Å². The van der Waals surface area contributed by atoms with Gasteiger partial charge in [0.2, 0.25) is 0 Å². The summed E-state index contributed by atoms with van der Waals surface area (Å²) in [6.07, 6.45) is 3.45. The van der Waals surface area contributed by atoms with Crippen LogP contribution in [0.15, 0.2) is 30.3 Å². The number of methoxy groups -OCH3 is 3. The van der Waals surface area contributed by atoms with E-state index in [2.05, 4.69) is 51.3 Å². The summed E-state index contributed by atoms with van der Waals surface area (Å²) >= 11 is 6.68. The van der Waals surface area contributed by atoms with Crippen molar-refractivity contribution in [2.24, 2.45) is 5.92 Å². The Bertz CT molecular complexity index is 1300. The summed E-state index contributed by atoms with van der Waals surface area (Å²) in [7, 11) is 4.77. The third-order valence-corrected chi connectivity index (χ3v) is 7.67. The van der Waals surface area contributed by atoms with Crippen LogP contribution in [-0.2, 0) is 32.4 Å². The van der Waals surface area contributed by atoms with Crippen LogP contribution in [0.25, 0.3) is 0 Å². The van der Waals surface area contributed by atoms with Gasteiger partial charge in [-0.3, -0.25) is 4.79 Å². The minimum Gasteiger partial charge on any atom is -0.496 e. The van der Waals surface area contributed by atoms with E-state index in [1.807, 2.05) is 11.0 Å². The fourth-order valence-corrected chi connectivity index (χ4v) is 5.30. The van der Waals surface area contributed by atoms with E-state index < -0.39 is 0 Å². The van der Waals surface area contributed by atoms with Crippen molar-refractivity contribution in [3.05, 3.63) is 69.3 Å². The third kappa shape index (κ3) is 6.92. The molecule has 0 bridgehead atoms. The molecular weight excluding hydrogens is 526 g/mol. The highest BCUT2D eigenvalue weighted by molar-refractivity contribution is 6.35. The Morgan fingerprint density at radius 1 is 0.975 bits per heavy atom. The lowest BCUT2D eigenvalue weighted by molar-refractivity contribution is 0.0729. The van der Waals surface area contributed by atoms with Gasteiger partial charge >= 0.3 is 0 Å². The first-order valence-electron chi connectivity index (χ1n) is 14.1. The summed E-state index contributed by atoms with van der Waals surface area (Å²) in [4.78, 5) is 20.9. The van der Waals surface area contributed by atoms with Gasteiger partial charge in [0.1, 0.15) is 11.6 Å². The van der Waals surface area contributed by atoms with E-state index in [1.165, 1.54) is 18.4 Å². The van der Waals surface area contributed by atoms with Gasteiger partial charge in [0, 0.05) is 17.8 Å². The van der Waals surface area contributed by atoms with Crippen molar-refractivity contribution in [3.63, 3.8) is 0 Å². The summed E-state index contributed by atoms with van der Waals surface area (Å²) in [6, 6.07) is 9.77. The molecule has 7 nitrogen and oxygen atoms in total. The second-order valence-electron chi connectivity index (χ2n) is 10.3. The van der Waals surface area contributed by atoms with Crippen LogP contribution in [0.5, 0.6) is 17.2 Å². The molecule has 0 aliphatic rings. The van der Waals surface area contributed by atoms with Gasteiger partial charge in [0.15, 0.2) is 11.5 Å². The number of carbonyl (C=O) groups excluding carboxylic acids is 1. The van der Waals surface area contributed by atoms with Crippen LogP contribution in [0, 0.1) is 5.92 Å². The molecule has 3 aromatic rings. The van der Waals surface area contributed by atoms with Crippen molar-refractivity contribution in [1.82, 2.24) is 14.5 Å². The van der Waals surface area contributed by atoms with Crippen LogP contribution in [0.1, 0.15) is 79.7 Å². The summed E-state index contributed by atoms with van der Waals surface area (Å²) in [5.41, 5.74) is 4.97. The van der Waals surface area contributed by atoms with Gasteiger partial charge in [-0.1, -0.05) is 58.4 Å². The average Bonchev–Trinajstić information content (AvgIpc) is 3.29. The molecule has 0 fully saturated rings. The number of ether oxygens (including phenoxy) is 3. The number of hydrogen-bond donors (Lipinski definition) is 0. The van der Waals surface area contributed by atoms with Crippen LogP contribution < -0.4 is 14.2 Å². The fraction of sp³-hybridized carbons (Fsp3) is 0.500. The maximum atomic E-state index is 14.0. The van der Waals surface area contributed by atoms with Gasteiger partial charge in [-0.05, 0) is 55.4 Å². The van der Waals surface area contributed by atoms with E-state index in [-0.39, 0.29) is 10.9 Å². The first kappa shape index (κ1) is 31.3. The molecule has 0 aliphatic heterocycles. The van der Waals surface area contributed by atoms with Crippen molar-refractivity contribution < 1.29 is 19.0 Å². The predicted octanol–water partition coefficient (Wildman–Crippen LogP) is 6.99. The molecule has 8 heteroatoms. The first-order chi connectivity index (χ1) is 19.2. The number of nitrogens with zero attached hydrogens (tertiary/aromatic N) is 3. The highest BCUT2D eigenvalue weighted by Crippen LogP contribution is 2.38. The number of rotatable bonds is 14. The van der Waals surface area contributed by atoms with Crippen molar-refractivity contribution in [3.8, 4) is 17.2 Å². The molecule has 40 heavy (non-hydrogen) atoms. The Balaban J connectivity index is 2.09. The average molecular weight is 570 g/mol. The lowest BCUT2D eigenvalue weighted by Gasteiger charge is -2.25. The molecule has 0 unspecified atom stereocenters. The van der Waals surface area contributed by atoms with Crippen molar-refractivity contribution in [2.75, 3.05) is 27.9 Å². The Morgan fingerprint density at radius 2 is 1.68 bits per heavy atom. The minimum absolute atomic E-state index is 0.164. The van der Waals surface area contributed by atoms with Crippen molar-refractivity contribution >= 4 is 17.5 Å². The molecule has 0 radical (unpaired) electrons. The highest BCUT2D eigenvalue weighted by atomic mass is 35.5. The monoisotopic (exact) mass is 569 g/mol. The number of aryl methyl sites for hydroxylation is 2. The molecular formula is C32H44ClN3O4. The predicted molar refractivity (Wildman–Crippen MR) is 161 cm³/mol. The molecule has 1 heterocycles. The zero-order valence-electron chi connectivity index (χ0n) is 25.3. The Kier molecular flexibility index (Phi) is 11.3.